The van der Waals surface area contributed by atoms with Gasteiger partial charge in [0, 0.05) is 6.04 Å². The molecule has 4 heteroatoms. The van der Waals surface area contributed by atoms with Crippen LogP contribution in [0.4, 0.5) is 4.79 Å². The van der Waals surface area contributed by atoms with Crippen LogP contribution in [-0.2, 0) is 0 Å². The average molecular weight is 330 g/mol. The summed E-state index contributed by atoms with van der Waals surface area (Å²) in [5.41, 5.74) is 3.42. The number of fused-ring (bicyclic) bond motifs is 2. The van der Waals surface area contributed by atoms with E-state index in [4.69, 9.17) is 4.74 Å². The van der Waals surface area contributed by atoms with Crippen molar-refractivity contribution in [2.45, 2.75) is 59.4 Å². The monoisotopic (exact) mass is 330 g/mol. The predicted molar refractivity (Wildman–Crippen MR) is 96.2 cm³/mol. The van der Waals surface area contributed by atoms with Gasteiger partial charge in [-0.3, -0.25) is 0 Å². The third-order valence-corrected chi connectivity index (χ3v) is 6.12. The number of urea groups is 1. The van der Waals surface area contributed by atoms with E-state index in [1.807, 2.05) is 6.92 Å². The highest BCUT2D eigenvalue weighted by atomic mass is 16.5. The fraction of sp³-hybridized carbons (Fsp3) is 0.650. The van der Waals surface area contributed by atoms with E-state index in [0.717, 1.165) is 28.7 Å². The normalized spacial score (nSPS) is 26.2. The van der Waals surface area contributed by atoms with E-state index in [2.05, 4.69) is 43.5 Å². The van der Waals surface area contributed by atoms with Crippen molar-refractivity contribution in [3.63, 3.8) is 0 Å². The lowest BCUT2D eigenvalue weighted by Gasteiger charge is -2.28. The molecule has 2 fully saturated rings. The summed E-state index contributed by atoms with van der Waals surface area (Å²) in [5.74, 6) is 3.25. The van der Waals surface area contributed by atoms with Gasteiger partial charge in [0.1, 0.15) is 5.75 Å². The van der Waals surface area contributed by atoms with Crippen molar-refractivity contribution < 1.29 is 9.53 Å². The number of hydrogen-bond donors (Lipinski definition) is 2. The van der Waals surface area contributed by atoms with Gasteiger partial charge in [-0.05, 0) is 81.4 Å². The lowest BCUT2D eigenvalue weighted by molar-refractivity contribution is 0.207. The topological polar surface area (TPSA) is 50.4 Å². The Labute approximate surface area is 145 Å². The van der Waals surface area contributed by atoms with Crippen molar-refractivity contribution in [3.8, 4) is 5.75 Å². The van der Waals surface area contributed by atoms with Gasteiger partial charge in [-0.15, -0.1) is 0 Å². The maximum Gasteiger partial charge on any atom is 0.317 e. The molecule has 2 bridgehead atoms. The quantitative estimate of drug-likeness (QED) is 0.800. The first-order valence-electron chi connectivity index (χ1n) is 9.19. The first-order valence-corrected chi connectivity index (χ1v) is 9.19. The predicted octanol–water partition coefficient (Wildman–Crippen LogP) is 4.07. The molecule has 2 aliphatic rings. The minimum absolute atomic E-state index is 0.131. The molecule has 4 nitrogen and oxygen atoms in total. The number of carbonyl (C=O) groups excluding carboxylic acids is 1. The molecule has 0 saturated heterocycles. The second-order valence-corrected chi connectivity index (χ2v) is 7.72. The van der Waals surface area contributed by atoms with Crippen molar-refractivity contribution in [1.29, 1.82) is 0 Å². The minimum atomic E-state index is -0.131. The van der Waals surface area contributed by atoms with E-state index >= 15 is 0 Å². The Balaban J connectivity index is 1.45. The van der Waals surface area contributed by atoms with Crippen LogP contribution in [0.2, 0.25) is 0 Å². The first kappa shape index (κ1) is 17.1. The third-order valence-electron chi connectivity index (χ3n) is 6.12. The highest BCUT2D eigenvalue weighted by Gasteiger charge is 2.42. The molecule has 1 aromatic rings. The molecular formula is C20H30N2O2. The molecular weight excluding hydrogens is 300 g/mol. The standard InChI is InChI=1S/C20H30N2O2/c1-12-5-6-13(2)19(14(12)3)24-11-21-20(23)22-15(4)18-10-16-7-8-17(18)9-16/h5-6,15-18H,7-11H2,1-4H3,(H2,21,22,23). The molecule has 24 heavy (non-hydrogen) atoms. The summed E-state index contributed by atoms with van der Waals surface area (Å²) < 4.78 is 5.80. The summed E-state index contributed by atoms with van der Waals surface area (Å²) in [6.07, 6.45) is 5.39. The molecule has 4 unspecified atom stereocenters. The Kier molecular flexibility index (Phi) is 5.02. The molecule has 0 radical (unpaired) electrons. The molecule has 2 amide bonds. The largest absolute Gasteiger partial charge is 0.473 e. The van der Waals surface area contributed by atoms with Gasteiger partial charge in [0.15, 0.2) is 6.73 Å². The zero-order chi connectivity index (χ0) is 17.3. The number of aryl methyl sites for hydroxylation is 2. The van der Waals surface area contributed by atoms with Crippen LogP contribution in [0.1, 0.15) is 49.3 Å². The second-order valence-electron chi connectivity index (χ2n) is 7.72. The Morgan fingerprint density at radius 2 is 1.96 bits per heavy atom. The molecule has 1 aromatic carbocycles. The SMILES string of the molecule is Cc1ccc(C)c(OCNC(=O)NC(C)C2CC3CCC2C3)c1C. The lowest BCUT2D eigenvalue weighted by atomic mass is 9.84. The van der Waals surface area contributed by atoms with E-state index in [1.165, 1.54) is 31.2 Å². The summed E-state index contributed by atoms with van der Waals surface area (Å²) >= 11 is 0. The lowest BCUT2D eigenvalue weighted by Crippen LogP contribution is -2.46. The van der Waals surface area contributed by atoms with Crippen molar-refractivity contribution in [3.05, 3.63) is 28.8 Å². The van der Waals surface area contributed by atoms with Crippen LogP contribution in [0.25, 0.3) is 0 Å². The van der Waals surface area contributed by atoms with Crippen molar-refractivity contribution in [2.24, 2.45) is 17.8 Å². The fourth-order valence-corrected chi connectivity index (χ4v) is 4.59. The van der Waals surface area contributed by atoms with Gasteiger partial charge in [-0.25, -0.2) is 4.79 Å². The first-order chi connectivity index (χ1) is 11.5. The number of amides is 2. The Bertz CT molecular complexity index is 614. The molecule has 0 spiro atoms. The fourth-order valence-electron chi connectivity index (χ4n) is 4.59. The Morgan fingerprint density at radius 3 is 2.62 bits per heavy atom. The molecule has 0 aliphatic heterocycles. The maximum absolute atomic E-state index is 12.1. The van der Waals surface area contributed by atoms with Crippen molar-refractivity contribution >= 4 is 6.03 Å². The number of benzene rings is 1. The number of rotatable bonds is 5. The number of nitrogens with one attached hydrogen (secondary N) is 2. The third kappa shape index (κ3) is 3.52. The molecule has 0 aromatic heterocycles. The van der Waals surface area contributed by atoms with Crippen molar-refractivity contribution in [1.82, 2.24) is 10.6 Å². The molecule has 4 atom stereocenters. The molecule has 3 rings (SSSR count). The summed E-state index contributed by atoms with van der Waals surface area (Å²) in [6, 6.07) is 4.25. The van der Waals surface area contributed by atoms with Gasteiger partial charge >= 0.3 is 6.03 Å². The zero-order valence-corrected chi connectivity index (χ0v) is 15.3. The van der Waals surface area contributed by atoms with Gasteiger partial charge in [0.05, 0.1) is 0 Å². The molecule has 0 heterocycles. The van der Waals surface area contributed by atoms with Crippen LogP contribution in [0.15, 0.2) is 12.1 Å². The Morgan fingerprint density at radius 1 is 1.21 bits per heavy atom. The van der Waals surface area contributed by atoms with Gasteiger partial charge < -0.3 is 15.4 Å². The van der Waals surface area contributed by atoms with Gasteiger partial charge in [-0.2, -0.15) is 0 Å². The minimum Gasteiger partial charge on any atom is -0.473 e. The highest BCUT2D eigenvalue weighted by molar-refractivity contribution is 5.74. The van der Waals surface area contributed by atoms with Crippen LogP contribution in [0.5, 0.6) is 5.75 Å². The summed E-state index contributed by atoms with van der Waals surface area (Å²) in [6.45, 7) is 8.48. The second kappa shape index (κ2) is 7.04. The van der Waals surface area contributed by atoms with E-state index in [9.17, 15) is 4.79 Å². The number of ether oxygens (including phenoxy) is 1. The van der Waals surface area contributed by atoms with E-state index in [1.54, 1.807) is 0 Å². The van der Waals surface area contributed by atoms with Crippen LogP contribution in [0, 0.1) is 38.5 Å². The summed E-state index contributed by atoms with van der Waals surface area (Å²) in [5, 5.41) is 5.93. The molecule has 2 saturated carbocycles. The number of carbonyl (C=O) groups is 1. The van der Waals surface area contributed by atoms with Crippen molar-refractivity contribution in [2.75, 3.05) is 6.73 Å². The summed E-state index contributed by atoms with van der Waals surface area (Å²) in [7, 11) is 0. The summed E-state index contributed by atoms with van der Waals surface area (Å²) in [4.78, 5) is 12.1. The Hall–Kier alpha value is -1.71. The van der Waals surface area contributed by atoms with Gasteiger partial charge in [-0.1, -0.05) is 18.6 Å². The van der Waals surface area contributed by atoms with Gasteiger partial charge in [0.25, 0.3) is 0 Å². The average Bonchev–Trinajstić information content (AvgIpc) is 3.17. The van der Waals surface area contributed by atoms with E-state index in [-0.39, 0.29) is 18.8 Å². The van der Waals surface area contributed by atoms with Crippen LogP contribution in [0.3, 0.4) is 0 Å². The van der Waals surface area contributed by atoms with E-state index in [0.29, 0.717) is 5.92 Å². The maximum atomic E-state index is 12.1. The van der Waals surface area contributed by atoms with E-state index < -0.39 is 0 Å². The highest BCUT2D eigenvalue weighted by Crippen LogP contribution is 2.49. The zero-order valence-electron chi connectivity index (χ0n) is 15.3. The van der Waals surface area contributed by atoms with Crippen LogP contribution < -0.4 is 15.4 Å². The van der Waals surface area contributed by atoms with Crippen LogP contribution in [-0.4, -0.2) is 18.8 Å². The smallest absolute Gasteiger partial charge is 0.317 e. The molecule has 2 aliphatic carbocycles. The molecule has 132 valence electrons. The molecule has 2 N–H and O–H groups in total. The number of hydrogen-bond acceptors (Lipinski definition) is 2. The van der Waals surface area contributed by atoms with Crippen LogP contribution >= 0.6 is 0 Å². The van der Waals surface area contributed by atoms with Gasteiger partial charge in [0.2, 0.25) is 0 Å².